The van der Waals surface area contributed by atoms with E-state index in [9.17, 15) is 0 Å². The van der Waals surface area contributed by atoms with Crippen molar-refractivity contribution in [2.24, 2.45) is 11.5 Å². The zero-order chi connectivity index (χ0) is 23.6. The Balaban J connectivity index is 0.000000146. The third-order valence-electron chi connectivity index (χ3n) is 5.35. The molecule has 0 aliphatic rings. The first kappa shape index (κ1) is 24.7. The Hall–Kier alpha value is -2.98. The summed E-state index contributed by atoms with van der Waals surface area (Å²) in [5, 5.41) is 5.06. The van der Waals surface area contributed by atoms with E-state index in [-0.39, 0.29) is 12.1 Å². The summed E-state index contributed by atoms with van der Waals surface area (Å²) in [6, 6.07) is 39.5. The van der Waals surface area contributed by atoms with Gasteiger partial charge in [-0.15, -0.1) is 0 Å². The first-order valence-electron chi connectivity index (χ1n) is 11.1. The van der Waals surface area contributed by atoms with Gasteiger partial charge in [0.25, 0.3) is 0 Å². The van der Waals surface area contributed by atoms with Crippen LogP contribution >= 0.6 is 15.9 Å². The average molecular weight is 499 g/mol. The number of fused-ring (bicyclic) bond motifs is 2. The molecule has 0 saturated heterocycles. The summed E-state index contributed by atoms with van der Waals surface area (Å²) in [7, 11) is 0. The van der Waals surface area contributed by atoms with Gasteiger partial charge in [-0.2, -0.15) is 0 Å². The Morgan fingerprint density at radius 1 is 0.545 bits per heavy atom. The second-order valence-electron chi connectivity index (χ2n) is 8.05. The van der Waals surface area contributed by atoms with E-state index >= 15 is 0 Å². The molecule has 5 rings (SSSR count). The third kappa shape index (κ3) is 7.26. The lowest BCUT2D eigenvalue weighted by molar-refractivity contribution is 0.820. The fourth-order valence-electron chi connectivity index (χ4n) is 3.55. The van der Waals surface area contributed by atoms with Gasteiger partial charge in [-0.3, -0.25) is 0 Å². The molecule has 0 aliphatic carbocycles. The first-order chi connectivity index (χ1) is 16.0. The molecule has 0 aromatic heterocycles. The maximum Gasteiger partial charge on any atom is 0.0272 e. The molecule has 5 aromatic rings. The zero-order valence-electron chi connectivity index (χ0n) is 19.2. The zero-order valence-corrected chi connectivity index (χ0v) is 20.7. The van der Waals surface area contributed by atoms with E-state index in [0.29, 0.717) is 0 Å². The summed E-state index contributed by atoms with van der Waals surface area (Å²) < 4.78 is 1.13. The maximum atomic E-state index is 5.88. The molecule has 0 fully saturated rings. The van der Waals surface area contributed by atoms with Crippen LogP contribution in [0.2, 0.25) is 0 Å². The molecule has 2 unspecified atom stereocenters. The summed E-state index contributed by atoms with van der Waals surface area (Å²) in [5.74, 6) is 0. The van der Waals surface area contributed by atoms with Crippen molar-refractivity contribution in [1.29, 1.82) is 0 Å². The van der Waals surface area contributed by atoms with Gasteiger partial charge in [-0.05, 0) is 64.7 Å². The lowest BCUT2D eigenvalue weighted by Crippen LogP contribution is -2.05. The van der Waals surface area contributed by atoms with Crippen LogP contribution in [-0.2, 0) is 0 Å². The van der Waals surface area contributed by atoms with Gasteiger partial charge in [0.05, 0.1) is 0 Å². The fraction of sp³-hybridized carbons (Fsp3) is 0.133. The van der Waals surface area contributed by atoms with E-state index in [2.05, 4.69) is 76.6 Å². The highest BCUT2D eigenvalue weighted by Crippen LogP contribution is 2.22. The number of hydrogen-bond donors (Lipinski definition) is 2. The molecule has 0 bridgehead atoms. The molecule has 4 N–H and O–H groups in total. The second kappa shape index (κ2) is 12.3. The Morgan fingerprint density at radius 2 is 1.12 bits per heavy atom. The highest BCUT2D eigenvalue weighted by Gasteiger charge is 2.03. The molecule has 0 heterocycles. The van der Waals surface area contributed by atoms with Gasteiger partial charge in [0.2, 0.25) is 0 Å². The largest absolute Gasteiger partial charge is 0.324 e. The van der Waals surface area contributed by atoms with Gasteiger partial charge in [0.15, 0.2) is 0 Å². The van der Waals surface area contributed by atoms with Crippen molar-refractivity contribution in [3.05, 3.63) is 131 Å². The molecule has 2 nitrogen and oxygen atoms in total. The Bertz CT molecular complexity index is 1270. The van der Waals surface area contributed by atoms with Crippen molar-refractivity contribution in [1.82, 2.24) is 0 Å². The number of nitrogens with two attached hydrogens (primary N) is 2. The molecule has 33 heavy (non-hydrogen) atoms. The Morgan fingerprint density at radius 3 is 1.73 bits per heavy atom. The number of halogens is 1. The molecule has 0 amide bonds. The van der Waals surface area contributed by atoms with Crippen LogP contribution in [0.5, 0.6) is 0 Å². The molecule has 2 atom stereocenters. The van der Waals surface area contributed by atoms with Gasteiger partial charge in [0.1, 0.15) is 0 Å². The number of benzene rings is 5. The van der Waals surface area contributed by atoms with Crippen LogP contribution < -0.4 is 11.5 Å². The van der Waals surface area contributed by atoms with E-state index in [4.69, 9.17) is 11.5 Å². The smallest absolute Gasteiger partial charge is 0.0272 e. The van der Waals surface area contributed by atoms with Gasteiger partial charge in [-0.1, -0.05) is 113 Å². The molecule has 3 heteroatoms. The molecule has 5 aromatic carbocycles. The quantitative estimate of drug-likeness (QED) is 0.257. The maximum absolute atomic E-state index is 5.88. The van der Waals surface area contributed by atoms with Gasteiger partial charge in [0, 0.05) is 16.6 Å². The van der Waals surface area contributed by atoms with Crippen LogP contribution in [0.1, 0.15) is 37.1 Å². The monoisotopic (exact) mass is 498 g/mol. The molecule has 0 radical (unpaired) electrons. The van der Waals surface area contributed by atoms with Crippen molar-refractivity contribution >= 4 is 37.5 Å². The second-order valence-corrected chi connectivity index (χ2v) is 8.96. The van der Waals surface area contributed by atoms with Crippen LogP contribution in [0.15, 0.2) is 120 Å². The van der Waals surface area contributed by atoms with Crippen LogP contribution in [0.3, 0.4) is 0 Å². The SMILES string of the molecule is Brc1ccccc1.CC(N)c1ccc2ccccc2c1.CC(N)c1cccc2ccccc12. The summed E-state index contributed by atoms with van der Waals surface area (Å²) in [6.45, 7) is 4.02. The minimum Gasteiger partial charge on any atom is -0.324 e. The number of hydrogen-bond acceptors (Lipinski definition) is 2. The summed E-state index contributed by atoms with van der Waals surface area (Å²) in [6.07, 6.45) is 0. The topological polar surface area (TPSA) is 52.0 Å². The lowest BCUT2D eigenvalue weighted by Gasteiger charge is -2.09. The van der Waals surface area contributed by atoms with E-state index < -0.39 is 0 Å². The van der Waals surface area contributed by atoms with Crippen molar-refractivity contribution in [3.63, 3.8) is 0 Å². The van der Waals surface area contributed by atoms with Gasteiger partial charge < -0.3 is 11.5 Å². The van der Waals surface area contributed by atoms with Crippen LogP contribution in [-0.4, -0.2) is 0 Å². The van der Waals surface area contributed by atoms with E-state index in [0.717, 1.165) is 4.47 Å². The van der Waals surface area contributed by atoms with Crippen molar-refractivity contribution in [2.75, 3.05) is 0 Å². The Labute approximate surface area is 205 Å². The molecule has 0 spiro atoms. The molecular formula is C30H31BrN2. The minimum atomic E-state index is 0.103. The predicted molar refractivity (Wildman–Crippen MR) is 147 cm³/mol. The average Bonchev–Trinajstić information content (AvgIpc) is 2.84. The molecule has 0 aliphatic heterocycles. The normalized spacial score (nSPS) is 12.2. The van der Waals surface area contributed by atoms with Gasteiger partial charge >= 0.3 is 0 Å². The van der Waals surface area contributed by atoms with Crippen molar-refractivity contribution < 1.29 is 0 Å². The highest BCUT2D eigenvalue weighted by molar-refractivity contribution is 9.10. The number of rotatable bonds is 2. The van der Waals surface area contributed by atoms with Crippen molar-refractivity contribution in [2.45, 2.75) is 25.9 Å². The molecule has 0 saturated carbocycles. The van der Waals surface area contributed by atoms with Gasteiger partial charge in [-0.25, -0.2) is 0 Å². The van der Waals surface area contributed by atoms with Crippen LogP contribution in [0.4, 0.5) is 0 Å². The van der Waals surface area contributed by atoms with E-state index in [1.54, 1.807) is 0 Å². The minimum absolute atomic E-state index is 0.103. The van der Waals surface area contributed by atoms with Crippen LogP contribution in [0, 0.1) is 0 Å². The van der Waals surface area contributed by atoms with E-state index in [1.165, 1.54) is 32.7 Å². The summed E-state index contributed by atoms with van der Waals surface area (Å²) in [5.41, 5.74) is 14.1. The summed E-state index contributed by atoms with van der Waals surface area (Å²) in [4.78, 5) is 0. The first-order valence-corrected chi connectivity index (χ1v) is 11.9. The van der Waals surface area contributed by atoms with Crippen molar-refractivity contribution in [3.8, 4) is 0 Å². The predicted octanol–water partition coefficient (Wildman–Crippen LogP) is 8.17. The summed E-state index contributed by atoms with van der Waals surface area (Å²) >= 11 is 3.31. The molecule has 168 valence electrons. The van der Waals surface area contributed by atoms with E-state index in [1.807, 2.05) is 68.4 Å². The fourth-order valence-corrected chi connectivity index (χ4v) is 3.86. The molecular weight excluding hydrogens is 468 g/mol. The Kier molecular flexibility index (Phi) is 9.20. The lowest BCUT2D eigenvalue weighted by atomic mass is 10.0. The highest BCUT2D eigenvalue weighted by atomic mass is 79.9. The van der Waals surface area contributed by atoms with Crippen LogP contribution in [0.25, 0.3) is 21.5 Å². The standard InChI is InChI=1S/2C12H13N.C6H5Br/c1-9(13)11-8-4-6-10-5-2-3-7-12(10)11;1-9(13)11-7-6-10-4-2-3-5-12(10)8-11;7-6-4-2-1-3-5-6/h2*2-9H,13H2,1H3;1-5H. The third-order valence-corrected chi connectivity index (χ3v) is 5.88.